The number of hydrogen-bond acceptors (Lipinski definition) is 4. The number of rotatable bonds is 4. The molecule has 0 spiro atoms. The SMILES string of the molecule is CC(C)(C)n1ncc(NC[C@H](O)c2ccccc2C(F)(F)F)c(Cl)c1=O. The largest absolute Gasteiger partial charge is 0.416 e. The van der Waals surface area contributed by atoms with Gasteiger partial charge in [0.1, 0.15) is 5.02 Å². The predicted octanol–water partition coefficient (Wildman–Crippen LogP) is 3.82. The fourth-order valence-electron chi connectivity index (χ4n) is 2.40. The van der Waals surface area contributed by atoms with Gasteiger partial charge >= 0.3 is 6.18 Å². The number of nitrogens with one attached hydrogen (secondary N) is 1. The molecular weight excluding hydrogens is 371 g/mol. The van der Waals surface area contributed by atoms with Crippen molar-refractivity contribution in [2.75, 3.05) is 11.9 Å². The highest BCUT2D eigenvalue weighted by molar-refractivity contribution is 6.32. The summed E-state index contributed by atoms with van der Waals surface area (Å²) in [5, 5.41) is 16.7. The van der Waals surface area contributed by atoms with Gasteiger partial charge in [-0.15, -0.1) is 0 Å². The van der Waals surface area contributed by atoms with E-state index in [0.29, 0.717) is 0 Å². The molecule has 0 fully saturated rings. The highest BCUT2D eigenvalue weighted by atomic mass is 35.5. The third-order valence-corrected chi connectivity index (χ3v) is 4.03. The molecule has 2 rings (SSSR count). The average molecular weight is 390 g/mol. The van der Waals surface area contributed by atoms with Crippen molar-refractivity contribution in [2.45, 2.75) is 38.6 Å². The van der Waals surface area contributed by atoms with Crippen LogP contribution in [0.2, 0.25) is 5.02 Å². The number of halogens is 4. The van der Waals surface area contributed by atoms with E-state index >= 15 is 0 Å². The number of alkyl halides is 3. The maximum atomic E-state index is 13.0. The summed E-state index contributed by atoms with van der Waals surface area (Å²) >= 11 is 6.04. The molecule has 0 unspecified atom stereocenters. The zero-order valence-electron chi connectivity index (χ0n) is 14.4. The van der Waals surface area contributed by atoms with Gasteiger partial charge in [0.15, 0.2) is 0 Å². The lowest BCUT2D eigenvalue weighted by Crippen LogP contribution is -2.36. The van der Waals surface area contributed by atoms with Gasteiger partial charge in [-0.1, -0.05) is 29.8 Å². The first-order valence-electron chi connectivity index (χ1n) is 7.79. The average Bonchev–Trinajstić information content (AvgIpc) is 2.54. The number of anilines is 1. The van der Waals surface area contributed by atoms with Gasteiger partial charge in [-0.3, -0.25) is 4.79 Å². The Hall–Kier alpha value is -2.06. The Kier molecular flexibility index (Phi) is 5.67. The molecular formula is C17H19ClF3N3O2. The van der Waals surface area contributed by atoms with E-state index in [4.69, 9.17) is 11.6 Å². The maximum absolute atomic E-state index is 13.0. The summed E-state index contributed by atoms with van der Waals surface area (Å²) in [4.78, 5) is 12.3. The molecule has 0 radical (unpaired) electrons. The van der Waals surface area contributed by atoms with Gasteiger partial charge in [-0.25, -0.2) is 4.68 Å². The monoisotopic (exact) mass is 389 g/mol. The van der Waals surface area contributed by atoms with Crippen LogP contribution in [0.3, 0.4) is 0 Å². The van der Waals surface area contributed by atoms with Gasteiger partial charge in [0.2, 0.25) is 0 Å². The van der Waals surface area contributed by atoms with E-state index in [1.165, 1.54) is 29.1 Å². The summed E-state index contributed by atoms with van der Waals surface area (Å²) in [7, 11) is 0. The first-order chi connectivity index (χ1) is 11.9. The van der Waals surface area contributed by atoms with E-state index in [1.807, 2.05) is 0 Å². The van der Waals surface area contributed by atoms with E-state index in [0.717, 1.165) is 6.07 Å². The molecule has 0 aliphatic carbocycles. The van der Waals surface area contributed by atoms with Crippen molar-refractivity contribution in [1.29, 1.82) is 0 Å². The summed E-state index contributed by atoms with van der Waals surface area (Å²) in [5.41, 5.74) is -2.15. The molecule has 142 valence electrons. The van der Waals surface area contributed by atoms with Crippen molar-refractivity contribution in [1.82, 2.24) is 9.78 Å². The summed E-state index contributed by atoms with van der Waals surface area (Å²) in [6.45, 7) is 5.07. The molecule has 1 atom stereocenters. The van der Waals surface area contributed by atoms with E-state index in [2.05, 4.69) is 10.4 Å². The van der Waals surface area contributed by atoms with Gasteiger partial charge in [-0.2, -0.15) is 18.3 Å². The molecule has 0 saturated carbocycles. The second kappa shape index (κ2) is 7.28. The third-order valence-electron chi connectivity index (χ3n) is 3.67. The lowest BCUT2D eigenvalue weighted by Gasteiger charge is -2.22. The van der Waals surface area contributed by atoms with Gasteiger partial charge in [0.05, 0.1) is 29.1 Å². The third kappa shape index (κ3) is 4.37. The Labute approximate surface area is 153 Å². The molecule has 2 N–H and O–H groups in total. The number of nitrogens with zero attached hydrogens (tertiary/aromatic N) is 2. The molecule has 1 aromatic heterocycles. The van der Waals surface area contributed by atoms with Crippen LogP contribution >= 0.6 is 11.6 Å². The van der Waals surface area contributed by atoms with Gasteiger partial charge in [0, 0.05) is 6.54 Å². The van der Waals surface area contributed by atoms with Crippen LogP contribution < -0.4 is 10.9 Å². The zero-order valence-corrected chi connectivity index (χ0v) is 15.2. The minimum Gasteiger partial charge on any atom is -0.387 e. The van der Waals surface area contributed by atoms with Crippen LogP contribution in [0.4, 0.5) is 18.9 Å². The lowest BCUT2D eigenvalue weighted by molar-refractivity contribution is -0.139. The van der Waals surface area contributed by atoms with Crippen LogP contribution in [0, 0.1) is 0 Å². The summed E-state index contributed by atoms with van der Waals surface area (Å²) in [5.74, 6) is 0. The Balaban J connectivity index is 2.23. The Morgan fingerprint density at radius 3 is 2.46 bits per heavy atom. The second-order valence-electron chi connectivity index (χ2n) is 6.74. The van der Waals surface area contributed by atoms with Crippen LogP contribution in [0.5, 0.6) is 0 Å². The smallest absolute Gasteiger partial charge is 0.387 e. The van der Waals surface area contributed by atoms with Crippen LogP contribution in [0.1, 0.15) is 38.0 Å². The Morgan fingerprint density at radius 1 is 1.27 bits per heavy atom. The van der Waals surface area contributed by atoms with Crippen molar-refractivity contribution >= 4 is 17.3 Å². The number of aliphatic hydroxyl groups excluding tert-OH is 1. The van der Waals surface area contributed by atoms with Gasteiger partial charge in [0.25, 0.3) is 5.56 Å². The fourth-order valence-corrected chi connectivity index (χ4v) is 2.59. The lowest BCUT2D eigenvalue weighted by atomic mass is 10.0. The minimum atomic E-state index is -4.58. The molecule has 2 aromatic rings. The van der Waals surface area contributed by atoms with Gasteiger partial charge in [-0.05, 0) is 32.4 Å². The fraction of sp³-hybridized carbons (Fsp3) is 0.412. The van der Waals surface area contributed by atoms with Crippen molar-refractivity contribution in [3.8, 4) is 0 Å². The van der Waals surface area contributed by atoms with Crippen LogP contribution in [-0.2, 0) is 11.7 Å². The summed E-state index contributed by atoms with van der Waals surface area (Å²) < 4.78 is 40.3. The molecule has 0 aliphatic rings. The maximum Gasteiger partial charge on any atom is 0.416 e. The van der Waals surface area contributed by atoms with Crippen LogP contribution in [-0.4, -0.2) is 21.4 Å². The number of aliphatic hydroxyl groups is 1. The number of benzene rings is 1. The zero-order chi connectivity index (χ0) is 19.7. The molecule has 0 saturated heterocycles. The predicted molar refractivity (Wildman–Crippen MR) is 93.4 cm³/mol. The van der Waals surface area contributed by atoms with Gasteiger partial charge < -0.3 is 10.4 Å². The normalized spacial score (nSPS) is 13.5. The second-order valence-corrected chi connectivity index (χ2v) is 7.12. The molecule has 1 aromatic carbocycles. The molecule has 26 heavy (non-hydrogen) atoms. The summed E-state index contributed by atoms with van der Waals surface area (Å²) in [6.07, 6.45) is -4.73. The van der Waals surface area contributed by atoms with Crippen LogP contribution in [0.15, 0.2) is 35.3 Å². The van der Waals surface area contributed by atoms with E-state index in [-0.39, 0.29) is 22.8 Å². The Morgan fingerprint density at radius 2 is 1.88 bits per heavy atom. The first kappa shape index (κ1) is 20.3. The molecule has 5 nitrogen and oxygen atoms in total. The van der Waals surface area contributed by atoms with E-state index in [9.17, 15) is 23.1 Å². The van der Waals surface area contributed by atoms with Crippen molar-refractivity contribution in [3.05, 3.63) is 57.0 Å². The molecule has 0 aliphatic heterocycles. The molecule has 0 bridgehead atoms. The molecule has 1 heterocycles. The van der Waals surface area contributed by atoms with E-state index in [1.54, 1.807) is 20.8 Å². The standard InChI is InChI=1S/C17H19ClF3N3O2/c1-16(2,3)24-15(26)14(18)12(8-23-24)22-9-13(25)10-6-4-5-7-11(10)17(19,20)21/h4-8,13,22,25H,9H2,1-3H3/t13-/m0/s1. The van der Waals surface area contributed by atoms with Crippen molar-refractivity contribution < 1.29 is 18.3 Å². The van der Waals surface area contributed by atoms with Crippen molar-refractivity contribution in [3.63, 3.8) is 0 Å². The molecule has 9 heteroatoms. The quantitative estimate of drug-likeness (QED) is 0.834. The topological polar surface area (TPSA) is 67.2 Å². The highest BCUT2D eigenvalue weighted by Crippen LogP contribution is 2.34. The minimum absolute atomic E-state index is 0.140. The van der Waals surface area contributed by atoms with E-state index < -0.39 is 28.9 Å². The molecule has 0 amide bonds. The highest BCUT2D eigenvalue weighted by Gasteiger charge is 2.34. The Bertz CT molecular complexity index is 844. The van der Waals surface area contributed by atoms with Crippen molar-refractivity contribution in [2.24, 2.45) is 0 Å². The first-order valence-corrected chi connectivity index (χ1v) is 8.17. The van der Waals surface area contributed by atoms with Crippen LogP contribution in [0.25, 0.3) is 0 Å². The number of hydrogen-bond donors (Lipinski definition) is 2. The summed E-state index contributed by atoms with van der Waals surface area (Å²) in [6, 6.07) is 4.76. The number of aromatic nitrogens is 2.